The van der Waals surface area contributed by atoms with E-state index in [1.54, 1.807) is 6.20 Å². The number of carbonyl (C=O) groups is 1. The van der Waals surface area contributed by atoms with E-state index in [1.807, 2.05) is 26.0 Å². The van der Waals surface area contributed by atoms with Gasteiger partial charge >= 0.3 is 0 Å². The van der Waals surface area contributed by atoms with E-state index in [2.05, 4.69) is 15.2 Å². The Morgan fingerprint density at radius 3 is 3.00 bits per heavy atom. The molecule has 2 heterocycles. The molecule has 1 aliphatic rings. The van der Waals surface area contributed by atoms with Gasteiger partial charge in [0.15, 0.2) is 0 Å². The van der Waals surface area contributed by atoms with E-state index in [0.29, 0.717) is 6.54 Å². The number of pyridine rings is 1. The summed E-state index contributed by atoms with van der Waals surface area (Å²) in [5.41, 5.74) is 7.81. The molecule has 0 spiro atoms. The largest absolute Gasteiger partial charge is 0.357 e. The van der Waals surface area contributed by atoms with Gasteiger partial charge in [0.2, 0.25) is 5.91 Å². The van der Waals surface area contributed by atoms with Gasteiger partial charge in [0.25, 0.3) is 0 Å². The Morgan fingerprint density at radius 1 is 1.61 bits per heavy atom. The number of nitrogens with two attached hydrogens (primary N) is 1. The number of piperazine rings is 1. The Hall–Kier alpha value is -1.62. The van der Waals surface area contributed by atoms with Crippen LogP contribution in [0.4, 0.5) is 5.69 Å². The summed E-state index contributed by atoms with van der Waals surface area (Å²) in [6.07, 6.45) is 2.68. The monoisotopic (exact) mass is 248 g/mol. The molecule has 0 radical (unpaired) electrons. The van der Waals surface area contributed by atoms with Crippen LogP contribution >= 0.6 is 0 Å². The molecule has 0 bridgehead atoms. The lowest BCUT2D eigenvalue weighted by atomic mass is 10.1. The Morgan fingerprint density at radius 2 is 2.39 bits per heavy atom. The van der Waals surface area contributed by atoms with Gasteiger partial charge in [-0.25, -0.2) is 0 Å². The van der Waals surface area contributed by atoms with Gasteiger partial charge in [0.05, 0.1) is 17.6 Å². The lowest BCUT2D eigenvalue weighted by Crippen LogP contribution is -2.54. The Balaban J connectivity index is 2.16. The maximum Gasteiger partial charge on any atom is 0.242 e. The molecule has 0 saturated carbocycles. The van der Waals surface area contributed by atoms with E-state index in [9.17, 15) is 4.79 Å². The van der Waals surface area contributed by atoms with E-state index in [-0.39, 0.29) is 18.0 Å². The second-order valence-corrected chi connectivity index (χ2v) is 4.62. The summed E-state index contributed by atoms with van der Waals surface area (Å²) < 4.78 is 0. The minimum atomic E-state index is -0.147. The second-order valence-electron chi connectivity index (χ2n) is 4.62. The predicted molar refractivity (Wildman–Crippen MR) is 71.3 cm³/mol. The third-order valence-electron chi connectivity index (χ3n) is 3.42. The second kappa shape index (κ2) is 5.35. The van der Waals surface area contributed by atoms with E-state index in [4.69, 9.17) is 5.73 Å². The summed E-state index contributed by atoms with van der Waals surface area (Å²) in [5, 5.41) is 2.85. The molecule has 18 heavy (non-hydrogen) atoms. The van der Waals surface area contributed by atoms with Crippen LogP contribution in [0.25, 0.3) is 0 Å². The Labute approximate surface area is 107 Å². The first-order chi connectivity index (χ1) is 8.63. The van der Waals surface area contributed by atoms with Crippen molar-refractivity contribution in [2.45, 2.75) is 32.4 Å². The fraction of sp³-hybridized carbons (Fsp3) is 0.538. The number of amides is 1. The number of carbonyl (C=O) groups excluding carboxylic acids is 1. The third-order valence-corrected chi connectivity index (χ3v) is 3.42. The molecule has 2 rings (SSSR count). The fourth-order valence-corrected chi connectivity index (χ4v) is 2.13. The van der Waals surface area contributed by atoms with Crippen molar-refractivity contribution in [2.24, 2.45) is 5.73 Å². The van der Waals surface area contributed by atoms with Crippen LogP contribution in [0.5, 0.6) is 0 Å². The number of nitrogens with zero attached hydrogens (tertiary/aromatic N) is 2. The summed E-state index contributed by atoms with van der Waals surface area (Å²) >= 11 is 0. The predicted octanol–water partition coefficient (Wildman–Crippen LogP) is 0.816. The van der Waals surface area contributed by atoms with Crippen molar-refractivity contribution in [3.05, 3.63) is 24.0 Å². The first-order valence-corrected chi connectivity index (χ1v) is 6.39. The smallest absolute Gasteiger partial charge is 0.242 e. The van der Waals surface area contributed by atoms with Crippen LogP contribution in [-0.2, 0) is 4.79 Å². The van der Waals surface area contributed by atoms with Crippen molar-refractivity contribution < 1.29 is 4.79 Å². The maximum absolute atomic E-state index is 11.6. The number of anilines is 1. The molecule has 2 atom stereocenters. The molecule has 5 nitrogen and oxygen atoms in total. The van der Waals surface area contributed by atoms with Crippen molar-refractivity contribution >= 4 is 11.6 Å². The molecule has 0 aromatic carbocycles. The number of nitrogens with one attached hydrogen (secondary N) is 1. The summed E-state index contributed by atoms with van der Waals surface area (Å²) in [4.78, 5) is 18.1. The van der Waals surface area contributed by atoms with Crippen LogP contribution in [0, 0.1) is 0 Å². The lowest BCUT2D eigenvalue weighted by molar-refractivity contribution is -0.122. The fourth-order valence-electron chi connectivity index (χ4n) is 2.13. The van der Waals surface area contributed by atoms with Gasteiger partial charge in [-0.15, -0.1) is 0 Å². The van der Waals surface area contributed by atoms with Crippen molar-refractivity contribution in [3.8, 4) is 0 Å². The van der Waals surface area contributed by atoms with Gasteiger partial charge < -0.3 is 16.0 Å². The molecular formula is C13H20N4O. The van der Waals surface area contributed by atoms with Crippen LogP contribution in [0.2, 0.25) is 0 Å². The number of aromatic nitrogens is 1. The average Bonchev–Trinajstić information content (AvgIpc) is 2.41. The highest BCUT2D eigenvalue weighted by atomic mass is 16.2. The summed E-state index contributed by atoms with van der Waals surface area (Å²) in [5.74, 6) is 0.0654. The highest BCUT2D eigenvalue weighted by Crippen LogP contribution is 2.20. The van der Waals surface area contributed by atoms with Gasteiger partial charge in [-0.3, -0.25) is 9.78 Å². The summed E-state index contributed by atoms with van der Waals surface area (Å²) in [6, 6.07) is 3.78. The SMILES string of the molecule is CC[C@H](N)c1ccc(N2CCNC(=O)C2C)cn1. The average molecular weight is 248 g/mol. The molecule has 1 fully saturated rings. The van der Waals surface area contributed by atoms with E-state index < -0.39 is 0 Å². The van der Waals surface area contributed by atoms with Crippen molar-refractivity contribution in [2.75, 3.05) is 18.0 Å². The van der Waals surface area contributed by atoms with Crippen molar-refractivity contribution in [1.82, 2.24) is 10.3 Å². The molecule has 1 aliphatic heterocycles. The highest BCUT2D eigenvalue weighted by Gasteiger charge is 2.25. The third kappa shape index (κ3) is 2.46. The van der Waals surface area contributed by atoms with Crippen molar-refractivity contribution in [1.29, 1.82) is 0 Å². The Bertz CT molecular complexity index is 418. The molecule has 0 aliphatic carbocycles. The van der Waals surface area contributed by atoms with E-state index >= 15 is 0 Å². The molecule has 1 saturated heterocycles. The standard InChI is InChI=1S/C13H20N4O/c1-3-11(14)12-5-4-10(8-16-12)17-7-6-15-13(18)9(17)2/h4-5,8-9,11H,3,6-7,14H2,1-2H3,(H,15,18)/t9?,11-/m0/s1. The zero-order valence-electron chi connectivity index (χ0n) is 10.9. The number of rotatable bonds is 3. The normalized spacial score (nSPS) is 21.6. The lowest BCUT2D eigenvalue weighted by Gasteiger charge is -2.34. The minimum Gasteiger partial charge on any atom is -0.357 e. The van der Waals surface area contributed by atoms with Gasteiger partial charge in [-0.2, -0.15) is 0 Å². The molecule has 1 amide bonds. The van der Waals surface area contributed by atoms with Gasteiger partial charge in [0.1, 0.15) is 6.04 Å². The van der Waals surface area contributed by atoms with Crippen LogP contribution in [0.3, 0.4) is 0 Å². The topological polar surface area (TPSA) is 71.2 Å². The van der Waals surface area contributed by atoms with Crippen LogP contribution in [0.15, 0.2) is 18.3 Å². The molecule has 3 N–H and O–H groups in total. The van der Waals surface area contributed by atoms with Crippen LogP contribution in [0.1, 0.15) is 32.0 Å². The van der Waals surface area contributed by atoms with Crippen LogP contribution in [-0.4, -0.2) is 30.0 Å². The zero-order valence-corrected chi connectivity index (χ0v) is 10.9. The molecule has 1 aromatic rings. The molecule has 5 heteroatoms. The Kier molecular flexibility index (Phi) is 3.81. The van der Waals surface area contributed by atoms with Gasteiger partial charge in [-0.05, 0) is 25.5 Å². The quantitative estimate of drug-likeness (QED) is 0.830. The van der Waals surface area contributed by atoms with Gasteiger partial charge in [-0.1, -0.05) is 6.92 Å². The summed E-state index contributed by atoms with van der Waals surface area (Å²) in [6.45, 7) is 5.44. The first-order valence-electron chi connectivity index (χ1n) is 6.39. The van der Waals surface area contributed by atoms with Crippen molar-refractivity contribution in [3.63, 3.8) is 0 Å². The molecule has 1 aromatic heterocycles. The number of hydrogen-bond acceptors (Lipinski definition) is 4. The van der Waals surface area contributed by atoms with E-state index in [0.717, 1.165) is 24.3 Å². The van der Waals surface area contributed by atoms with Crippen LogP contribution < -0.4 is 16.0 Å². The molecular weight excluding hydrogens is 228 g/mol. The summed E-state index contributed by atoms with van der Waals surface area (Å²) in [7, 11) is 0. The van der Waals surface area contributed by atoms with E-state index in [1.165, 1.54) is 0 Å². The molecule has 1 unspecified atom stereocenters. The maximum atomic E-state index is 11.6. The first kappa shape index (κ1) is 12.8. The zero-order chi connectivity index (χ0) is 13.1. The molecule has 98 valence electrons. The van der Waals surface area contributed by atoms with Gasteiger partial charge in [0, 0.05) is 19.1 Å². The highest BCUT2D eigenvalue weighted by molar-refractivity contribution is 5.86. The number of hydrogen-bond donors (Lipinski definition) is 2. The minimum absolute atomic E-state index is 0.0128.